The molecule has 0 radical (unpaired) electrons. The molecule has 0 aromatic heterocycles. The summed E-state index contributed by atoms with van der Waals surface area (Å²) < 4.78 is 45.4. The van der Waals surface area contributed by atoms with Crippen LogP contribution in [-0.4, -0.2) is 51.3 Å². The lowest BCUT2D eigenvalue weighted by Crippen LogP contribution is -2.39. The number of aliphatic imine (C=N–C) groups is 1. The Balaban J connectivity index is 1.47. The average molecular weight is 514 g/mol. The van der Waals surface area contributed by atoms with Crippen LogP contribution in [0.2, 0.25) is 0 Å². The third-order valence-electron chi connectivity index (χ3n) is 6.19. The first-order valence-corrected chi connectivity index (χ1v) is 12.8. The van der Waals surface area contributed by atoms with Crippen LogP contribution < -0.4 is 20.1 Å². The summed E-state index contributed by atoms with van der Waals surface area (Å²) in [5.74, 6) is -0.651. The molecule has 2 aliphatic rings. The van der Waals surface area contributed by atoms with E-state index >= 15 is 0 Å². The Hall–Kier alpha value is -3.46. The topological polar surface area (TPSA) is 81.2 Å². The molecule has 4 rings (SSSR count). The largest absolute Gasteiger partial charge is 0.493 e. The van der Waals surface area contributed by atoms with Gasteiger partial charge in [-0.15, -0.1) is 0 Å². The maximum Gasteiger partial charge on any atom is 0.255 e. The van der Waals surface area contributed by atoms with Crippen molar-refractivity contribution in [1.82, 2.24) is 5.32 Å². The first-order valence-electron chi connectivity index (χ1n) is 12.8. The summed E-state index contributed by atoms with van der Waals surface area (Å²) in [5.41, 5.74) is 1.65. The number of carbonyl (C=O) groups is 1. The molecule has 2 aromatic carbocycles. The highest BCUT2D eigenvalue weighted by Gasteiger charge is 2.20. The predicted octanol–water partition coefficient (Wildman–Crippen LogP) is 5.52. The average Bonchev–Trinajstić information content (AvgIpc) is 2.90. The summed E-state index contributed by atoms with van der Waals surface area (Å²) >= 11 is 0. The predicted molar refractivity (Wildman–Crippen MR) is 140 cm³/mol. The zero-order valence-electron chi connectivity index (χ0n) is 20.8. The van der Waals surface area contributed by atoms with E-state index < -0.39 is 11.6 Å². The second-order valence-electron chi connectivity index (χ2n) is 9.05. The van der Waals surface area contributed by atoms with Gasteiger partial charge in [0.2, 0.25) is 0 Å². The fraction of sp³-hybridized carbons (Fsp3) is 0.429. The van der Waals surface area contributed by atoms with Gasteiger partial charge in [-0.3, -0.25) is 9.79 Å². The van der Waals surface area contributed by atoms with Crippen LogP contribution in [0.5, 0.6) is 11.5 Å². The van der Waals surface area contributed by atoms with Gasteiger partial charge in [-0.05, 0) is 74.4 Å². The van der Waals surface area contributed by atoms with Crippen LogP contribution in [-0.2, 0) is 4.74 Å². The number of hydrogen-bond donors (Lipinski definition) is 2. The summed E-state index contributed by atoms with van der Waals surface area (Å²) in [4.78, 5) is 17.1. The molecule has 1 saturated heterocycles. The molecule has 0 spiro atoms. The number of rotatable bonds is 2. The molecule has 2 heterocycles. The van der Waals surface area contributed by atoms with Gasteiger partial charge >= 0.3 is 0 Å². The van der Waals surface area contributed by atoms with Crippen LogP contribution >= 0.6 is 0 Å². The molecule has 0 unspecified atom stereocenters. The van der Waals surface area contributed by atoms with E-state index in [9.17, 15) is 13.6 Å². The minimum atomic E-state index is -0.571. The van der Waals surface area contributed by atoms with Crippen molar-refractivity contribution in [1.29, 1.82) is 0 Å². The SMILES string of the molecule is O=C(NC1CCOCC1)c1ccc2cc1OCCCCCCOc1cc(ccc1F)/C=C(F)/C=N\CN2. The van der Waals surface area contributed by atoms with Crippen LogP contribution in [0.1, 0.15) is 54.4 Å². The van der Waals surface area contributed by atoms with Gasteiger partial charge in [0.15, 0.2) is 11.6 Å². The van der Waals surface area contributed by atoms with Gasteiger partial charge in [0.05, 0.1) is 25.0 Å². The Morgan fingerprint density at radius 1 is 0.919 bits per heavy atom. The number of amides is 1. The van der Waals surface area contributed by atoms with Crippen molar-refractivity contribution in [3.63, 3.8) is 0 Å². The lowest BCUT2D eigenvalue weighted by atomic mass is 10.1. The van der Waals surface area contributed by atoms with Crippen molar-refractivity contribution in [3.8, 4) is 11.5 Å². The van der Waals surface area contributed by atoms with Crippen molar-refractivity contribution < 1.29 is 27.8 Å². The Labute approximate surface area is 215 Å². The molecule has 4 bridgehead atoms. The van der Waals surface area contributed by atoms with Crippen LogP contribution in [0.25, 0.3) is 6.08 Å². The maximum atomic E-state index is 14.3. The van der Waals surface area contributed by atoms with Gasteiger partial charge < -0.3 is 24.8 Å². The van der Waals surface area contributed by atoms with Crippen molar-refractivity contribution in [2.24, 2.45) is 4.99 Å². The Kier molecular flexibility index (Phi) is 9.88. The van der Waals surface area contributed by atoms with E-state index in [-0.39, 0.29) is 24.4 Å². The number of hydrogen-bond acceptors (Lipinski definition) is 6. The molecule has 2 aromatic rings. The third kappa shape index (κ3) is 8.28. The normalized spacial score (nSPS) is 20.2. The van der Waals surface area contributed by atoms with Gasteiger partial charge in [0.1, 0.15) is 18.2 Å². The molecule has 37 heavy (non-hydrogen) atoms. The fourth-order valence-corrected chi connectivity index (χ4v) is 4.15. The highest BCUT2D eigenvalue weighted by Crippen LogP contribution is 2.25. The number of carbonyl (C=O) groups excluding carboxylic acids is 1. The number of nitrogens with one attached hydrogen (secondary N) is 2. The molecule has 0 atom stereocenters. The van der Waals surface area contributed by atoms with Gasteiger partial charge in [-0.1, -0.05) is 6.07 Å². The van der Waals surface area contributed by atoms with E-state index in [1.807, 2.05) is 0 Å². The van der Waals surface area contributed by atoms with E-state index in [1.165, 1.54) is 24.3 Å². The molecule has 9 heteroatoms. The number of halogens is 2. The highest BCUT2D eigenvalue weighted by molar-refractivity contribution is 5.97. The zero-order valence-corrected chi connectivity index (χ0v) is 20.8. The van der Waals surface area contributed by atoms with Gasteiger partial charge in [0, 0.05) is 31.0 Å². The van der Waals surface area contributed by atoms with Crippen molar-refractivity contribution in [2.75, 3.05) is 38.4 Å². The van der Waals surface area contributed by atoms with E-state index in [1.54, 1.807) is 18.2 Å². The van der Waals surface area contributed by atoms with Crippen molar-refractivity contribution in [2.45, 2.75) is 44.6 Å². The summed E-state index contributed by atoms with van der Waals surface area (Å²) in [5, 5.41) is 6.18. The van der Waals surface area contributed by atoms with E-state index in [0.29, 0.717) is 49.0 Å². The maximum absolute atomic E-state index is 14.3. The smallest absolute Gasteiger partial charge is 0.255 e. The Bertz CT molecular complexity index is 1120. The molecule has 1 fully saturated rings. The number of nitrogens with zero attached hydrogens (tertiary/aromatic N) is 1. The lowest BCUT2D eigenvalue weighted by molar-refractivity contribution is 0.0695. The second kappa shape index (κ2) is 13.7. The lowest BCUT2D eigenvalue weighted by Gasteiger charge is -2.23. The Morgan fingerprint density at radius 3 is 2.46 bits per heavy atom. The summed E-state index contributed by atoms with van der Waals surface area (Å²) in [7, 11) is 0. The van der Waals surface area contributed by atoms with Crippen LogP contribution in [0.3, 0.4) is 0 Å². The monoisotopic (exact) mass is 513 g/mol. The van der Waals surface area contributed by atoms with E-state index in [4.69, 9.17) is 14.2 Å². The van der Waals surface area contributed by atoms with Crippen LogP contribution in [0, 0.1) is 5.82 Å². The summed E-state index contributed by atoms with van der Waals surface area (Å²) in [6, 6.07) is 9.59. The van der Waals surface area contributed by atoms with Crippen LogP contribution in [0.15, 0.2) is 47.2 Å². The number of anilines is 1. The molecule has 0 saturated carbocycles. The van der Waals surface area contributed by atoms with Gasteiger partial charge in [-0.2, -0.15) is 0 Å². The molecule has 1 amide bonds. The fourth-order valence-electron chi connectivity index (χ4n) is 4.15. The minimum Gasteiger partial charge on any atom is -0.493 e. The molecule has 2 aliphatic heterocycles. The van der Waals surface area contributed by atoms with E-state index in [0.717, 1.165) is 44.7 Å². The number of fused-ring (bicyclic) bond motifs is 4. The molecular formula is C28H33F2N3O4. The Morgan fingerprint density at radius 2 is 1.68 bits per heavy atom. The molecule has 198 valence electrons. The zero-order chi connectivity index (χ0) is 25.9. The first-order chi connectivity index (χ1) is 18.1. The van der Waals surface area contributed by atoms with Gasteiger partial charge in [0.25, 0.3) is 5.91 Å². The molecular weight excluding hydrogens is 480 g/mol. The summed E-state index contributed by atoms with van der Waals surface area (Å²) in [6.07, 6.45) is 7.27. The molecule has 7 nitrogen and oxygen atoms in total. The van der Waals surface area contributed by atoms with Crippen LogP contribution in [0.4, 0.5) is 14.5 Å². The number of ether oxygens (including phenoxy) is 3. The van der Waals surface area contributed by atoms with E-state index in [2.05, 4.69) is 15.6 Å². The second-order valence-corrected chi connectivity index (χ2v) is 9.05. The first kappa shape index (κ1) is 26.6. The molecule has 2 N–H and O–H groups in total. The number of allylic oxidation sites excluding steroid dienone is 1. The number of benzene rings is 2. The third-order valence-corrected chi connectivity index (χ3v) is 6.19. The molecule has 0 aliphatic carbocycles. The quantitative estimate of drug-likeness (QED) is 0.553. The minimum absolute atomic E-state index is 0.0771. The van der Waals surface area contributed by atoms with Crippen molar-refractivity contribution >= 4 is 23.9 Å². The highest BCUT2D eigenvalue weighted by atomic mass is 19.1. The standard InChI is InChI=1S/C28H33F2N3O4/c29-21-15-20-5-8-25(30)27(16-20)37-12-4-2-1-3-11-36-26-17-23(32-19-31-18-21)6-7-24(26)28(34)33-22-9-13-35-14-10-22/h5-8,15-18,22,32H,1-4,9-14,19H2,(H,33,34)/b21-15-,31-18-. The summed E-state index contributed by atoms with van der Waals surface area (Å²) in [6.45, 7) is 2.20. The van der Waals surface area contributed by atoms with Gasteiger partial charge in [-0.25, -0.2) is 8.78 Å². The van der Waals surface area contributed by atoms with Crippen molar-refractivity contribution in [3.05, 3.63) is 59.2 Å².